The van der Waals surface area contributed by atoms with Gasteiger partial charge in [0.05, 0.1) is 15.7 Å². The summed E-state index contributed by atoms with van der Waals surface area (Å²) in [4.78, 5) is 20.6. The molecule has 0 atom stereocenters. The summed E-state index contributed by atoms with van der Waals surface area (Å²) in [5.74, 6) is 0.641. The highest BCUT2D eigenvalue weighted by atomic mass is 35.5. The SMILES string of the molecule is C=CCNc1cc(C(=O)Nc2cccc(Cl)c2Cl)nc(C)n1. The number of benzene rings is 1. The van der Waals surface area contributed by atoms with Crippen LogP contribution in [0.25, 0.3) is 0 Å². The number of hydrogen-bond acceptors (Lipinski definition) is 4. The zero-order chi connectivity index (χ0) is 16.1. The number of nitrogens with zero attached hydrogens (tertiary/aromatic N) is 2. The van der Waals surface area contributed by atoms with Gasteiger partial charge in [0.1, 0.15) is 17.3 Å². The Morgan fingerprint density at radius 3 is 2.86 bits per heavy atom. The van der Waals surface area contributed by atoms with E-state index in [0.717, 1.165) is 0 Å². The van der Waals surface area contributed by atoms with Crippen molar-refractivity contribution in [3.63, 3.8) is 0 Å². The molecule has 22 heavy (non-hydrogen) atoms. The molecule has 0 bridgehead atoms. The molecule has 0 saturated heterocycles. The van der Waals surface area contributed by atoms with E-state index in [1.165, 1.54) is 0 Å². The number of aryl methyl sites for hydroxylation is 1. The molecule has 1 heterocycles. The molecule has 2 rings (SSSR count). The minimum absolute atomic E-state index is 0.232. The topological polar surface area (TPSA) is 66.9 Å². The average Bonchev–Trinajstić information content (AvgIpc) is 2.49. The number of hydrogen-bond donors (Lipinski definition) is 2. The molecule has 1 aromatic heterocycles. The predicted molar refractivity (Wildman–Crippen MR) is 89.9 cm³/mol. The molecule has 0 aliphatic carbocycles. The zero-order valence-corrected chi connectivity index (χ0v) is 13.4. The van der Waals surface area contributed by atoms with E-state index in [9.17, 15) is 4.79 Å². The molecular weight excluding hydrogens is 323 g/mol. The standard InChI is InChI=1S/C15H14Cl2N4O/c1-3-7-18-13-8-12(19-9(2)20-13)15(22)21-11-6-4-5-10(16)14(11)17/h3-6,8H,1,7H2,2H3,(H,21,22)(H,18,19,20). The van der Waals surface area contributed by atoms with Gasteiger partial charge in [0.15, 0.2) is 0 Å². The van der Waals surface area contributed by atoms with Crippen molar-refractivity contribution < 1.29 is 4.79 Å². The first-order valence-electron chi connectivity index (χ1n) is 6.47. The molecule has 0 spiro atoms. The average molecular weight is 337 g/mol. The molecule has 1 aromatic carbocycles. The first-order valence-corrected chi connectivity index (χ1v) is 7.22. The van der Waals surface area contributed by atoms with Gasteiger partial charge in [-0.05, 0) is 19.1 Å². The third-order valence-corrected chi connectivity index (χ3v) is 3.52. The van der Waals surface area contributed by atoms with E-state index in [2.05, 4.69) is 27.2 Å². The van der Waals surface area contributed by atoms with Crippen LogP contribution in [-0.4, -0.2) is 22.4 Å². The number of carbonyl (C=O) groups excluding carboxylic acids is 1. The highest BCUT2D eigenvalue weighted by Gasteiger charge is 2.13. The van der Waals surface area contributed by atoms with Crippen LogP contribution < -0.4 is 10.6 Å². The Morgan fingerprint density at radius 2 is 2.14 bits per heavy atom. The number of carbonyl (C=O) groups is 1. The predicted octanol–water partition coefficient (Wildman–Crippen LogP) is 3.94. The number of nitrogens with one attached hydrogen (secondary N) is 2. The third-order valence-electron chi connectivity index (χ3n) is 2.70. The van der Waals surface area contributed by atoms with Gasteiger partial charge in [-0.2, -0.15) is 0 Å². The van der Waals surface area contributed by atoms with Crippen LogP contribution in [0.3, 0.4) is 0 Å². The Labute approximate surface area is 138 Å². The Hall–Kier alpha value is -2.11. The van der Waals surface area contributed by atoms with Crippen molar-refractivity contribution in [1.29, 1.82) is 0 Å². The summed E-state index contributed by atoms with van der Waals surface area (Å²) in [5, 5.41) is 6.36. The lowest BCUT2D eigenvalue weighted by Gasteiger charge is -2.09. The van der Waals surface area contributed by atoms with Crippen molar-refractivity contribution in [3.05, 3.63) is 58.5 Å². The van der Waals surface area contributed by atoms with Gasteiger partial charge in [-0.3, -0.25) is 4.79 Å². The summed E-state index contributed by atoms with van der Waals surface area (Å²) in [7, 11) is 0. The van der Waals surface area contributed by atoms with Crippen molar-refractivity contribution in [3.8, 4) is 0 Å². The maximum Gasteiger partial charge on any atom is 0.274 e. The normalized spacial score (nSPS) is 10.1. The maximum absolute atomic E-state index is 12.3. The number of amides is 1. The van der Waals surface area contributed by atoms with E-state index in [1.54, 1.807) is 37.3 Å². The van der Waals surface area contributed by atoms with Crippen molar-refractivity contribution in [2.24, 2.45) is 0 Å². The Morgan fingerprint density at radius 1 is 1.36 bits per heavy atom. The smallest absolute Gasteiger partial charge is 0.274 e. The van der Waals surface area contributed by atoms with Crippen LogP contribution in [0, 0.1) is 6.92 Å². The van der Waals surface area contributed by atoms with E-state index in [-0.39, 0.29) is 10.7 Å². The minimum atomic E-state index is -0.392. The second-order valence-corrected chi connectivity index (χ2v) is 5.20. The summed E-state index contributed by atoms with van der Waals surface area (Å²) in [5.41, 5.74) is 0.658. The molecule has 114 valence electrons. The molecule has 2 aromatic rings. The van der Waals surface area contributed by atoms with Crippen LogP contribution in [0.1, 0.15) is 16.3 Å². The van der Waals surface area contributed by atoms with E-state index in [1.807, 2.05) is 0 Å². The fourth-order valence-corrected chi connectivity index (χ4v) is 2.09. The summed E-state index contributed by atoms with van der Waals surface area (Å²) in [6, 6.07) is 6.57. The number of rotatable bonds is 5. The lowest BCUT2D eigenvalue weighted by Crippen LogP contribution is -2.16. The fourth-order valence-electron chi connectivity index (χ4n) is 1.74. The number of halogens is 2. The minimum Gasteiger partial charge on any atom is -0.366 e. The quantitative estimate of drug-likeness (QED) is 0.811. The maximum atomic E-state index is 12.3. The molecule has 0 unspecified atom stereocenters. The lowest BCUT2D eigenvalue weighted by atomic mass is 10.3. The van der Waals surface area contributed by atoms with Gasteiger partial charge in [0.2, 0.25) is 0 Å². The highest BCUT2D eigenvalue weighted by Crippen LogP contribution is 2.29. The molecule has 0 fully saturated rings. The second kappa shape index (κ2) is 7.24. The van der Waals surface area contributed by atoms with Gasteiger partial charge in [0, 0.05) is 12.6 Å². The van der Waals surface area contributed by atoms with Gasteiger partial charge in [0.25, 0.3) is 5.91 Å². The highest BCUT2D eigenvalue weighted by molar-refractivity contribution is 6.44. The summed E-state index contributed by atoms with van der Waals surface area (Å²) in [6.07, 6.45) is 1.70. The Balaban J connectivity index is 2.23. The van der Waals surface area contributed by atoms with Gasteiger partial charge >= 0.3 is 0 Å². The third kappa shape index (κ3) is 3.96. The summed E-state index contributed by atoms with van der Waals surface area (Å²) < 4.78 is 0. The van der Waals surface area contributed by atoms with E-state index < -0.39 is 5.91 Å². The van der Waals surface area contributed by atoms with Crippen LogP contribution in [0.15, 0.2) is 36.9 Å². The lowest BCUT2D eigenvalue weighted by molar-refractivity contribution is 0.102. The van der Waals surface area contributed by atoms with Crippen molar-refractivity contribution in [1.82, 2.24) is 9.97 Å². The van der Waals surface area contributed by atoms with E-state index >= 15 is 0 Å². The zero-order valence-electron chi connectivity index (χ0n) is 11.9. The first kappa shape index (κ1) is 16.3. The molecule has 0 radical (unpaired) electrons. The van der Waals surface area contributed by atoms with Gasteiger partial charge in [-0.1, -0.05) is 35.3 Å². The molecule has 5 nitrogen and oxygen atoms in total. The van der Waals surface area contributed by atoms with Crippen LogP contribution in [0.5, 0.6) is 0 Å². The van der Waals surface area contributed by atoms with Crippen LogP contribution in [-0.2, 0) is 0 Å². The second-order valence-electron chi connectivity index (χ2n) is 4.41. The van der Waals surface area contributed by atoms with E-state index in [0.29, 0.717) is 28.9 Å². The molecule has 7 heteroatoms. The molecule has 2 N–H and O–H groups in total. The van der Waals surface area contributed by atoms with Gasteiger partial charge in [-0.25, -0.2) is 9.97 Å². The van der Waals surface area contributed by atoms with Crippen molar-refractivity contribution in [2.45, 2.75) is 6.92 Å². The largest absolute Gasteiger partial charge is 0.366 e. The summed E-state index contributed by atoms with van der Waals surface area (Å²) in [6.45, 7) is 5.87. The number of anilines is 2. The van der Waals surface area contributed by atoms with Crippen LogP contribution >= 0.6 is 23.2 Å². The van der Waals surface area contributed by atoms with Crippen molar-refractivity contribution in [2.75, 3.05) is 17.2 Å². The molecular formula is C15H14Cl2N4O. The monoisotopic (exact) mass is 336 g/mol. The summed E-state index contributed by atoms with van der Waals surface area (Å²) >= 11 is 12.0. The fraction of sp³-hybridized carbons (Fsp3) is 0.133. The molecule has 0 aliphatic rings. The number of aromatic nitrogens is 2. The molecule has 0 saturated carbocycles. The molecule has 0 aliphatic heterocycles. The van der Waals surface area contributed by atoms with Crippen molar-refractivity contribution >= 4 is 40.6 Å². The van der Waals surface area contributed by atoms with Gasteiger partial charge in [-0.15, -0.1) is 6.58 Å². The van der Waals surface area contributed by atoms with E-state index in [4.69, 9.17) is 23.2 Å². The first-order chi connectivity index (χ1) is 10.5. The van der Waals surface area contributed by atoms with Crippen LogP contribution in [0.2, 0.25) is 10.0 Å². The Bertz CT molecular complexity index is 719. The van der Waals surface area contributed by atoms with Gasteiger partial charge < -0.3 is 10.6 Å². The molecule has 1 amide bonds. The van der Waals surface area contributed by atoms with Crippen LogP contribution in [0.4, 0.5) is 11.5 Å². The Kier molecular flexibility index (Phi) is 5.35.